The van der Waals surface area contributed by atoms with Gasteiger partial charge in [-0.3, -0.25) is 0 Å². The molecular formula is C18H22O5. The van der Waals surface area contributed by atoms with Gasteiger partial charge in [-0.25, -0.2) is 0 Å². The number of para-hydroxylation sites is 2. The van der Waals surface area contributed by atoms with Gasteiger partial charge in [-0.1, -0.05) is 36.4 Å². The van der Waals surface area contributed by atoms with Gasteiger partial charge < -0.3 is 24.4 Å². The Morgan fingerprint density at radius 3 is 1.26 bits per heavy atom. The van der Waals surface area contributed by atoms with Crippen molar-refractivity contribution < 1.29 is 24.4 Å². The summed E-state index contributed by atoms with van der Waals surface area (Å²) in [4.78, 5) is 0. The number of hydrogen-bond acceptors (Lipinski definition) is 4. The first kappa shape index (κ1) is 17.3. The van der Waals surface area contributed by atoms with Crippen molar-refractivity contribution in [2.75, 3.05) is 13.2 Å². The van der Waals surface area contributed by atoms with Crippen molar-refractivity contribution in [3.05, 3.63) is 60.7 Å². The monoisotopic (exact) mass is 318 g/mol. The van der Waals surface area contributed by atoms with Crippen molar-refractivity contribution in [3.63, 3.8) is 0 Å². The normalized spacial score (nSPS) is 21.4. The average molecular weight is 318 g/mol. The maximum atomic E-state index is 5.43. The molecule has 2 heterocycles. The molecule has 0 bridgehead atoms. The lowest BCUT2D eigenvalue weighted by molar-refractivity contribution is -0.165. The first-order valence-corrected chi connectivity index (χ1v) is 7.57. The molecule has 5 heteroatoms. The van der Waals surface area contributed by atoms with Crippen LogP contribution in [-0.4, -0.2) is 31.3 Å². The van der Waals surface area contributed by atoms with E-state index in [1.807, 2.05) is 60.7 Å². The number of ether oxygens (including phenoxy) is 4. The van der Waals surface area contributed by atoms with Gasteiger partial charge in [0, 0.05) is 12.8 Å². The molecule has 0 aliphatic carbocycles. The van der Waals surface area contributed by atoms with Crippen molar-refractivity contribution in [2.45, 2.75) is 25.4 Å². The van der Waals surface area contributed by atoms with Crippen LogP contribution in [0.3, 0.4) is 0 Å². The zero-order valence-corrected chi connectivity index (χ0v) is 12.9. The fourth-order valence-electron chi connectivity index (χ4n) is 1.92. The second-order valence-corrected chi connectivity index (χ2v) is 5.04. The van der Waals surface area contributed by atoms with Crippen molar-refractivity contribution in [1.82, 2.24) is 0 Å². The summed E-state index contributed by atoms with van der Waals surface area (Å²) in [6.45, 7) is 1.66. The molecule has 2 aliphatic rings. The molecule has 4 rings (SSSR count). The Bertz CT molecular complexity index is 486. The van der Waals surface area contributed by atoms with Gasteiger partial charge >= 0.3 is 0 Å². The molecule has 2 saturated heterocycles. The van der Waals surface area contributed by atoms with E-state index in [4.69, 9.17) is 18.9 Å². The van der Waals surface area contributed by atoms with Crippen LogP contribution in [0, 0.1) is 0 Å². The highest BCUT2D eigenvalue weighted by Gasteiger charge is 2.19. The third-order valence-electron chi connectivity index (χ3n) is 3.34. The zero-order valence-electron chi connectivity index (χ0n) is 12.9. The maximum Gasteiger partial charge on any atom is 0.202 e. The molecule has 2 atom stereocenters. The fourth-order valence-corrected chi connectivity index (χ4v) is 1.92. The van der Waals surface area contributed by atoms with E-state index >= 15 is 0 Å². The predicted molar refractivity (Wildman–Crippen MR) is 86.5 cm³/mol. The zero-order chi connectivity index (χ0) is 15.0. The smallest absolute Gasteiger partial charge is 0.202 e. The summed E-state index contributed by atoms with van der Waals surface area (Å²) in [5, 5.41) is 0. The van der Waals surface area contributed by atoms with E-state index in [0.29, 0.717) is 0 Å². The third kappa shape index (κ3) is 5.56. The number of benzene rings is 2. The molecule has 2 aliphatic heterocycles. The molecule has 5 nitrogen and oxygen atoms in total. The lowest BCUT2D eigenvalue weighted by Gasteiger charge is -2.26. The van der Waals surface area contributed by atoms with Gasteiger partial charge in [-0.15, -0.1) is 0 Å². The van der Waals surface area contributed by atoms with E-state index < -0.39 is 0 Å². The van der Waals surface area contributed by atoms with Crippen LogP contribution >= 0.6 is 0 Å². The number of hydrogen-bond donors (Lipinski definition) is 0. The van der Waals surface area contributed by atoms with Gasteiger partial charge in [0.05, 0.1) is 13.2 Å². The summed E-state index contributed by atoms with van der Waals surface area (Å²) in [5.41, 5.74) is 0. The van der Waals surface area contributed by atoms with E-state index in [-0.39, 0.29) is 18.1 Å². The minimum absolute atomic E-state index is 0. The highest BCUT2D eigenvalue weighted by Crippen LogP contribution is 2.18. The Morgan fingerprint density at radius 2 is 1.00 bits per heavy atom. The Balaban J connectivity index is 0.000000160. The minimum Gasteiger partial charge on any atom is -0.465 e. The molecular weight excluding hydrogens is 296 g/mol. The van der Waals surface area contributed by atoms with Gasteiger partial charge in [0.25, 0.3) is 0 Å². The van der Waals surface area contributed by atoms with Crippen LogP contribution in [0.4, 0.5) is 0 Å². The summed E-state index contributed by atoms with van der Waals surface area (Å²) >= 11 is 0. The van der Waals surface area contributed by atoms with Gasteiger partial charge in [-0.05, 0) is 24.3 Å². The second-order valence-electron chi connectivity index (χ2n) is 5.04. The quantitative estimate of drug-likeness (QED) is 0.869. The summed E-state index contributed by atoms with van der Waals surface area (Å²) in [6.07, 6.45) is 2.01. The van der Waals surface area contributed by atoms with Gasteiger partial charge in [0.1, 0.15) is 11.5 Å². The largest absolute Gasteiger partial charge is 0.465 e. The van der Waals surface area contributed by atoms with Crippen LogP contribution in [0.1, 0.15) is 12.8 Å². The van der Waals surface area contributed by atoms with Gasteiger partial charge in [0.15, 0.2) is 0 Å². The summed E-state index contributed by atoms with van der Waals surface area (Å²) < 4.78 is 21.1. The molecule has 2 N–H and O–H groups in total. The molecule has 124 valence electrons. The molecule has 2 aromatic carbocycles. The topological polar surface area (TPSA) is 68.4 Å². The average Bonchev–Trinajstić information content (AvgIpc) is 2.50. The van der Waals surface area contributed by atoms with E-state index in [2.05, 4.69) is 0 Å². The molecule has 0 amide bonds. The van der Waals surface area contributed by atoms with Crippen molar-refractivity contribution >= 4 is 0 Å². The van der Waals surface area contributed by atoms with Crippen LogP contribution in [0.5, 0.6) is 11.5 Å². The Kier molecular flexibility index (Phi) is 6.87. The third-order valence-corrected chi connectivity index (χ3v) is 3.34. The van der Waals surface area contributed by atoms with Crippen molar-refractivity contribution in [1.29, 1.82) is 0 Å². The first-order valence-electron chi connectivity index (χ1n) is 7.57. The predicted octanol–water partition coefficient (Wildman–Crippen LogP) is 2.80. The second kappa shape index (κ2) is 9.15. The maximum absolute atomic E-state index is 5.43. The van der Waals surface area contributed by atoms with E-state index in [9.17, 15) is 0 Å². The van der Waals surface area contributed by atoms with E-state index in [1.165, 1.54) is 0 Å². The van der Waals surface area contributed by atoms with E-state index in [0.717, 1.165) is 37.6 Å². The SMILES string of the molecule is O.c1ccc(OC2CCO2)cc1.c1ccc(OC2CCO2)cc1. The highest BCUT2D eigenvalue weighted by atomic mass is 16.7. The molecule has 2 aromatic rings. The Hall–Kier alpha value is -2.08. The Morgan fingerprint density at radius 1 is 0.652 bits per heavy atom. The minimum atomic E-state index is -0.00241. The van der Waals surface area contributed by atoms with Crippen LogP contribution in [0.15, 0.2) is 60.7 Å². The van der Waals surface area contributed by atoms with Crippen molar-refractivity contribution in [3.8, 4) is 11.5 Å². The van der Waals surface area contributed by atoms with E-state index in [1.54, 1.807) is 0 Å². The van der Waals surface area contributed by atoms with Crippen LogP contribution in [0.2, 0.25) is 0 Å². The van der Waals surface area contributed by atoms with Crippen LogP contribution < -0.4 is 9.47 Å². The lowest BCUT2D eigenvalue weighted by atomic mass is 10.3. The standard InChI is InChI=1S/2C9H10O2.H2O/c2*1-2-4-8(5-3-1)11-9-6-7-10-9;/h2*1-5,9H,6-7H2;1H2. The van der Waals surface area contributed by atoms with Gasteiger partial charge in [0.2, 0.25) is 12.6 Å². The molecule has 2 fully saturated rings. The first-order chi connectivity index (χ1) is 10.9. The number of rotatable bonds is 4. The summed E-state index contributed by atoms with van der Waals surface area (Å²) in [7, 11) is 0. The van der Waals surface area contributed by atoms with Gasteiger partial charge in [-0.2, -0.15) is 0 Å². The molecule has 0 aromatic heterocycles. The van der Waals surface area contributed by atoms with Crippen LogP contribution in [0.25, 0.3) is 0 Å². The molecule has 23 heavy (non-hydrogen) atoms. The van der Waals surface area contributed by atoms with Crippen LogP contribution in [-0.2, 0) is 9.47 Å². The summed E-state index contributed by atoms with van der Waals surface area (Å²) in [6, 6.07) is 19.5. The molecule has 0 saturated carbocycles. The highest BCUT2D eigenvalue weighted by molar-refractivity contribution is 5.21. The summed E-state index contributed by atoms with van der Waals surface area (Å²) in [5.74, 6) is 1.77. The molecule has 0 spiro atoms. The molecule has 0 radical (unpaired) electrons. The fraction of sp³-hybridized carbons (Fsp3) is 0.333. The molecule has 2 unspecified atom stereocenters. The van der Waals surface area contributed by atoms with Crippen molar-refractivity contribution in [2.24, 2.45) is 0 Å². The lowest BCUT2D eigenvalue weighted by Crippen LogP contribution is -2.32. The Labute approximate surface area is 136 Å².